The maximum Gasteiger partial charge on any atom is 0.495 e. The van der Waals surface area contributed by atoms with Crippen molar-refractivity contribution < 1.29 is 18.6 Å². The Morgan fingerprint density at radius 1 is 0.440 bits per heavy atom. The van der Waals surface area contributed by atoms with Gasteiger partial charge in [-0.1, -0.05) is 179 Å². The van der Waals surface area contributed by atoms with Crippen molar-refractivity contribution in [1.29, 1.82) is 0 Å². The van der Waals surface area contributed by atoms with Gasteiger partial charge in [-0.3, -0.25) is 0 Å². The third-order valence-electron chi connectivity index (χ3n) is 8.71. The third kappa shape index (κ3) is 9.41. The van der Waals surface area contributed by atoms with E-state index >= 15 is 0 Å². The summed E-state index contributed by atoms with van der Waals surface area (Å²) in [7, 11) is -0.686. The van der Waals surface area contributed by atoms with Crippen LogP contribution in [0.25, 0.3) is 16.6 Å². The van der Waals surface area contributed by atoms with Gasteiger partial charge in [0, 0.05) is 37.3 Å². The second-order valence-corrected chi connectivity index (χ2v) is 14.5. The molecule has 0 radical (unpaired) electrons. The van der Waals surface area contributed by atoms with E-state index in [1.807, 2.05) is 30.3 Å². The molecule has 0 spiro atoms. The Labute approximate surface area is 299 Å². The first kappa shape index (κ1) is 35.4. The highest BCUT2D eigenvalue weighted by atomic mass is 16.6. The molecule has 2 aliphatic rings. The highest BCUT2D eigenvalue weighted by Crippen LogP contribution is 2.37. The van der Waals surface area contributed by atoms with Gasteiger partial charge in [0.15, 0.2) is 0 Å². The minimum absolute atomic E-state index is 0.0257. The molecule has 0 N–H and O–H groups in total. The Kier molecular flexibility index (Phi) is 11.7. The van der Waals surface area contributed by atoms with E-state index in [0.29, 0.717) is 26.4 Å². The average molecular weight is 660 g/mol. The molecule has 2 aliphatic heterocycles. The lowest BCUT2D eigenvalue weighted by molar-refractivity contribution is 0.0336. The SMILES string of the molecule is CC1(C)COB(C(=C(c2ccccc2)c2ccccc2)c2ccccc2)OC1.CC1(C)COB(C=C(c2ccccc2)c2ccccc2)OC1. The number of hydrogen-bond acceptors (Lipinski definition) is 4. The number of rotatable bonds is 7. The first-order valence-electron chi connectivity index (χ1n) is 17.5. The normalized spacial score (nSPS) is 16.4. The maximum absolute atomic E-state index is 6.25. The first-order chi connectivity index (χ1) is 24.3. The standard InChI is InChI=1S/C25H25BO2.C19H21BO2/c1-25(2)18-27-26(28-19-25)24(22-16-10-5-11-17-22)23(20-12-6-3-7-13-20)21-14-8-4-9-15-21;1-19(2)14-21-20(22-15-19)13-18(16-9-5-3-6-10-16)17-11-7-4-8-12-17/h3-17H,18-19H2,1-2H3;3-13H,14-15H2,1-2H3. The molecule has 2 saturated heterocycles. The Balaban J connectivity index is 0.000000178. The van der Waals surface area contributed by atoms with E-state index in [1.165, 1.54) is 11.1 Å². The lowest BCUT2D eigenvalue weighted by atomic mass is 9.67. The molecule has 0 aromatic heterocycles. The van der Waals surface area contributed by atoms with E-state index in [1.54, 1.807) is 0 Å². The number of benzene rings is 5. The zero-order valence-electron chi connectivity index (χ0n) is 29.6. The molecule has 0 bridgehead atoms. The Morgan fingerprint density at radius 3 is 1.14 bits per heavy atom. The number of hydrogen-bond donors (Lipinski definition) is 0. The van der Waals surface area contributed by atoms with Crippen LogP contribution in [0.15, 0.2) is 158 Å². The Morgan fingerprint density at radius 2 is 0.760 bits per heavy atom. The van der Waals surface area contributed by atoms with Gasteiger partial charge < -0.3 is 18.6 Å². The fourth-order valence-corrected chi connectivity index (χ4v) is 6.09. The van der Waals surface area contributed by atoms with Crippen molar-refractivity contribution in [2.75, 3.05) is 26.4 Å². The van der Waals surface area contributed by atoms with Crippen LogP contribution in [-0.4, -0.2) is 40.7 Å². The second kappa shape index (κ2) is 16.5. The van der Waals surface area contributed by atoms with Crippen LogP contribution in [0.2, 0.25) is 0 Å². The van der Waals surface area contributed by atoms with E-state index in [4.69, 9.17) is 18.6 Å². The molecule has 5 aromatic rings. The van der Waals surface area contributed by atoms with Gasteiger partial charge in [0.2, 0.25) is 0 Å². The van der Waals surface area contributed by atoms with Crippen LogP contribution in [-0.2, 0) is 18.6 Å². The van der Waals surface area contributed by atoms with E-state index < -0.39 is 7.12 Å². The van der Waals surface area contributed by atoms with Crippen LogP contribution in [0.4, 0.5) is 0 Å². The van der Waals surface area contributed by atoms with Crippen molar-refractivity contribution in [3.05, 3.63) is 185 Å². The van der Waals surface area contributed by atoms with E-state index in [2.05, 4.69) is 155 Å². The first-order valence-corrected chi connectivity index (χ1v) is 17.5. The van der Waals surface area contributed by atoms with Gasteiger partial charge in [-0.05, 0) is 50.4 Å². The summed E-state index contributed by atoms with van der Waals surface area (Å²) < 4.78 is 24.2. The summed E-state index contributed by atoms with van der Waals surface area (Å²) in [4.78, 5) is 0. The minimum Gasteiger partial charge on any atom is -0.407 e. The lowest BCUT2D eigenvalue weighted by Gasteiger charge is -2.34. The van der Waals surface area contributed by atoms with E-state index in [9.17, 15) is 0 Å². The van der Waals surface area contributed by atoms with Gasteiger partial charge in [0.25, 0.3) is 0 Å². The molecule has 6 heteroatoms. The fourth-order valence-electron chi connectivity index (χ4n) is 6.09. The predicted octanol–water partition coefficient (Wildman–Crippen LogP) is 9.96. The molecule has 0 aliphatic carbocycles. The molecule has 50 heavy (non-hydrogen) atoms. The predicted molar refractivity (Wildman–Crippen MR) is 208 cm³/mol. The summed E-state index contributed by atoms with van der Waals surface area (Å²) in [6.07, 6.45) is 0. The van der Waals surface area contributed by atoms with Crippen molar-refractivity contribution in [3.8, 4) is 0 Å². The van der Waals surface area contributed by atoms with Crippen LogP contribution in [0, 0.1) is 10.8 Å². The molecule has 4 nitrogen and oxygen atoms in total. The molecular weight excluding hydrogens is 614 g/mol. The topological polar surface area (TPSA) is 36.9 Å². The zero-order chi connectivity index (χ0) is 34.8. The molecule has 0 atom stereocenters. The molecule has 7 rings (SSSR count). The summed E-state index contributed by atoms with van der Waals surface area (Å²) in [6, 6.07) is 52.2. The highest BCUT2D eigenvalue weighted by Gasteiger charge is 2.37. The summed E-state index contributed by atoms with van der Waals surface area (Å²) in [6.45, 7) is 11.4. The van der Waals surface area contributed by atoms with Crippen LogP contribution in [0.3, 0.4) is 0 Å². The largest absolute Gasteiger partial charge is 0.495 e. The average Bonchev–Trinajstić information content (AvgIpc) is 3.16. The summed E-state index contributed by atoms with van der Waals surface area (Å²) in [5, 5.41) is 0. The molecule has 0 unspecified atom stereocenters. The lowest BCUT2D eigenvalue weighted by Crippen LogP contribution is -2.41. The summed E-state index contributed by atoms with van der Waals surface area (Å²) in [5.41, 5.74) is 9.26. The smallest absolute Gasteiger partial charge is 0.407 e. The van der Waals surface area contributed by atoms with Gasteiger partial charge in [0.05, 0.1) is 0 Å². The molecule has 5 aromatic carbocycles. The fraction of sp³-hybridized carbons (Fsp3) is 0.227. The Bertz CT molecular complexity index is 1740. The van der Waals surface area contributed by atoms with Crippen molar-refractivity contribution in [2.24, 2.45) is 10.8 Å². The van der Waals surface area contributed by atoms with Crippen molar-refractivity contribution in [2.45, 2.75) is 27.7 Å². The molecule has 2 heterocycles. The Hall–Kier alpha value is -4.45. The molecule has 2 fully saturated rings. The second-order valence-electron chi connectivity index (χ2n) is 14.5. The molecule has 252 valence electrons. The molecular formula is C44H46B2O4. The zero-order valence-corrected chi connectivity index (χ0v) is 29.6. The van der Waals surface area contributed by atoms with Crippen molar-refractivity contribution >= 4 is 30.9 Å². The van der Waals surface area contributed by atoms with Crippen LogP contribution < -0.4 is 0 Å². The molecule has 0 saturated carbocycles. The summed E-state index contributed by atoms with van der Waals surface area (Å²) >= 11 is 0. The van der Waals surface area contributed by atoms with Gasteiger partial charge in [0.1, 0.15) is 0 Å². The maximum atomic E-state index is 6.25. The van der Waals surface area contributed by atoms with E-state index in [0.717, 1.165) is 33.3 Å². The summed E-state index contributed by atoms with van der Waals surface area (Å²) in [5.74, 6) is 2.08. The van der Waals surface area contributed by atoms with Crippen LogP contribution in [0.1, 0.15) is 55.5 Å². The van der Waals surface area contributed by atoms with Crippen molar-refractivity contribution in [1.82, 2.24) is 0 Å². The quantitative estimate of drug-likeness (QED) is 0.129. The van der Waals surface area contributed by atoms with Crippen molar-refractivity contribution in [3.63, 3.8) is 0 Å². The van der Waals surface area contributed by atoms with E-state index in [-0.39, 0.29) is 17.9 Å². The van der Waals surface area contributed by atoms with Crippen LogP contribution in [0.5, 0.6) is 0 Å². The third-order valence-corrected chi connectivity index (χ3v) is 8.71. The monoisotopic (exact) mass is 660 g/mol. The van der Waals surface area contributed by atoms with Crippen LogP contribution >= 0.6 is 0 Å². The molecule has 0 amide bonds. The highest BCUT2D eigenvalue weighted by molar-refractivity contribution is 6.71. The van der Waals surface area contributed by atoms with Gasteiger partial charge >= 0.3 is 14.2 Å². The van der Waals surface area contributed by atoms with Gasteiger partial charge in [-0.15, -0.1) is 0 Å². The minimum atomic E-state index is -0.397. The van der Waals surface area contributed by atoms with Gasteiger partial charge in [-0.2, -0.15) is 0 Å². The van der Waals surface area contributed by atoms with Gasteiger partial charge in [-0.25, -0.2) is 0 Å².